The molecule has 1 amide bonds. The maximum atomic E-state index is 11.9. The van der Waals surface area contributed by atoms with Gasteiger partial charge < -0.3 is 10.4 Å². The van der Waals surface area contributed by atoms with Crippen molar-refractivity contribution < 1.29 is 14.7 Å². The van der Waals surface area contributed by atoms with Crippen LogP contribution < -0.4 is 5.32 Å². The molecule has 17 heavy (non-hydrogen) atoms. The number of carbonyl (C=O) groups is 2. The molecule has 0 bridgehead atoms. The van der Waals surface area contributed by atoms with Crippen LogP contribution in [0.4, 0.5) is 0 Å². The van der Waals surface area contributed by atoms with E-state index in [1.165, 1.54) is 0 Å². The molecule has 1 rings (SSSR count). The number of amides is 1. The highest BCUT2D eigenvalue weighted by atomic mass is 16.4. The van der Waals surface area contributed by atoms with Crippen LogP contribution in [0.3, 0.4) is 0 Å². The first kappa shape index (κ1) is 13.5. The van der Waals surface area contributed by atoms with Crippen LogP contribution in [0.5, 0.6) is 0 Å². The fourth-order valence-electron chi connectivity index (χ4n) is 1.91. The molecule has 0 aliphatic heterocycles. The van der Waals surface area contributed by atoms with Gasteiger partial charge in [-0.3, -0.25) is 9.59 Å². The van der Waals surface area contributed by atoms with Crippen molar-refractivity contribution in [2.75, 3.05) is 6.54 Å². The van der Waals surface area contributed by atoms with E-state index in [-0.39, 0.29) is 12.5 Å². The third-order valence-corrected chi connectivity index (χ3v) is 3.38. The Kier molecular flexibility index (Phi) is 3.76. The van der Waals surface area contributed by atoms with Gasteiger partial charge >= 0.3 is 5.97 Å². The molecular weight excluding hydrogens is 220 g/mol. The highest BCUT2D eigenvalue weighted by Gasteiger charge is 2.42. The number of nitrogens with one attached hydrogen (secondary N) is 1. The molecule has 1 aliphatic rings. The van der Waals surface area contributed by atoms with E-state index >= 15 is 0 Å². The fourth-order valence-corrected chi connectivity index (χ4v) is 1.91. The zero-order chi connectivity index (χ0) is 13.1. The summed E-state index contributed by atoms with van der Waals surface area (Å²) in [6.07, 6.45) is 2.90. The molecule has 0 aromatic heterocycles. The van der Waals surface area contributed by atoms with Crippen molar-refractivity contribution in [1.82, 2.24) is 5.32 Å². The van der Waals surface area contributed by atoms with Crippen LogP contribution in [0.15, 0.2) is 0 Å². The van der Waals surface area contributed by atoms with Gasteiger partial charge in [-0.1, -0.05) is 12.8 Å². The summed E-state index contributed by atoms with van der Waals surface area (Å²) in [5, 5.41) is 20.6. The van der Waals surface area contributed by atoms with Crippen LogP contribution in [-0.4, -0.2) is 23.5 Å². The highest BCUT2D eigenvalue weighted by molar-refractivity contribution is 5.86. The third-order valence-electron chi connectivity index (χ3n) is 3.38. The lowest BCUT2D eigenvalue weighted by molar-refractivity contribution is -0.147. The first-order chi connectivity index (χ1) is 7.84. The van der Waals surface area contributed by atoms with Crippen molar-refractivity contribution in [3.8, 4) is 6.07 Å². The Morgan fingerprint density at radius 1 is 1.41 bits per heavy atom. The average Bonchev–Trinajstić information content (AvgIpc) is 2.75. The molecule has 0 aromatic carbocycles. The van der Waals surface area contributed by atoms with Crippen LogP contribution >= 0.6 is 0 Å². The lowest BCUT2D eigenvalue weighted by Gasteiger charge is -2.24. The minimum atomic E-state index is -1.01. The van der Waals surface area contributed by atoms with Crippen LogP contribution in [0, 0.1) is 22.2 Å². The van der Waals surface area contributed by atoms with Gasteiger partial charge in [-0.15, -0.1) is 0 Å². The molecule has 5 heteroatoms. The maximum absolute atomic E-state index is 11.9. The molecule has 94 valence electrons. The molecule has 0 aromatic rings. The van der Waals surface area contributed by atoms with E-state index in [0.717, 1.165) is 12.8 Å². The quantitative estimate of drug-likeness (QED) is 0.772. The average molecular weight is 238 g/mol. The number of carboxylic acids is 1. The molecule has 1 saturated carbocycles. The van der Waals surface area contributed by atoms with E-state index < -0.39 is 16.8 Å². The van der Waals surface area contributed by atoms with E-state index in [9.17, 15) is 9.59 Å². The van der Waals surface area contributed by atoms with Gasteiger partial charge in [-0.25, -0.2) is 0 Å². The lowest BCUT2D eigenvalue weighted by atomic mass is 9.86. The van der Waals surface area contributed by atoms with E-state index in [2.05, 4.69) is 11.4 Å². The van der Waals surface area contributed by atoms with E-state index in [0.29, 0.717) is 12.8 Å². The first-order valence-electron chi connectivity index (χ1n) is 5.77. The smallest absolute Gasteiger partial charge is 0.310 e. The number of hydrogen-bond donors (Lipinski definition) is 2. The molecule has 0 saturated heterocycles. The second-order valence-corrected chi connectivity index (χ2v) is 5.27. The van der Waals surface area contributed by atoms with Gasteiger partial charge in [0.05, 0.1) is 11.5 Å². The molecular formula is C12H18N2O3. The SMILES string of the molecule is CC(C)(CNC(=O)C1(C#N)CCCC1)C(=O)O. The van der Waals surface area contributed by atoms with Gasteiger partial charge in [0.1, 0.15) is 5.41 Å². The maximum Gasteiger partial charge on any atom is 0.310 e. The molecule has 0 atom stereocenters. The standard InChI is InChI=1S/C12H18N2O3/c1-11(2,10(16)17)8-14-9(15)12(7-13)5-3-4-6-12/h3-6,8H2,1-2H3,(H,14,15)(H,16,17). The normalized spacial score (nSPS) is 18.4. The van der Waals surface area contributed by atoms with Crippen molar-refractivity contribution in [3.05, 3.63) is 0 Å². The molecule has 0 radical (unpaired) electrons. The summed E-state index contributed by atoms with van der Waals surface area (Å²) in [6.45, 7) is 3.14. The number of aliphatic carboxylic acids is 1. The largest absolute Gasteiger partial charge is 0.481 e. The van der Waals surface area contributed by atoms with Gasteiger partial charge in [0.2, 0.25) is 5.91 Å². The Morgan fingerprint density at radius 3 is 2.35 bits per heavy atom. The Hall–Kier alpha value is -1.57. The van der Waals surface area contributed by atoms with Crippen LogP contribution in [0.25, 0.3) is 0 Å². The van der Waals surface area contributed by atoms with E-state index in [1.807, 2.05) is 0 Å². The zero-order valence-electron chi connectivity index (χ0n) is 10.2. The predicted molar refractivity (Wildman–Crippen MR) is 60.9 cm³/mol. The molecule has 1 fully saturated rings. The van der Waals surface area contributed by atoms with Crippen molar-refractivity contribution >= 4 is 11.9 Å². The number of rotatable bonds is 4. The summed E-state index contributed by atoms with van der Waals surface area (Å²) in [5.74, 6) is -1.29. The number of carboxylic acid groups (broad SMARTS) is 1. The predicted octanol–water partition coefficient (Wildman–Crippen LogP) is 1.30. The fraction of sp³-hybridized carbons (Fsp3) is 0.750. The van der Waals surface area contributed by atoms with Gasteiger partial charge in [0.25, 0.3) is 0 Å². The summed E-state index contributed by atoms with van der Waals surface area (Å²) >= 11 is 0. The minimum Gasteiger partial charge on any atom is -0.481 e. The number of nitrogens with zero attached hydrogens (tertiary/aromatic N) is 1. The monoisotopic (exact) mass is 238 g/mol. The molecule has 2 N–H and O–H groups in total. The van der Waals surface area contributed by atoms with Gasteiger partial charge in [-0.2, -0.15) is 5.26 Å². The molecule has 0 heterocycles. The second kappa shape index (κ2) is 4.74. The van der Waals surface area contributed by atoms with Gasteiger partial charge in [0, 0.05) is 6.54 Å². The number of carbonyl (C=O) groups excluding carboxylic acids is 1. The third kappa shape index (κ3) is 2.76. The molecule has 1 aliphatic carbocycles. The molecule has 5 nitrogen and oxygen atoms in total. The summed E-state index contributed by atoms with van der Waals surface area (Å²) in [5.41, 5.74) is -1.94. The van der Waals surface area contributed by atoms with E-state index in [4.69, 9.17) is 10.4 Å². The summed E-state index contributed by atoms with van der Waals surface area (Å²) in [7, 11) is 0. The topological polar surface area (TPSA) is 90.2 Å². The van der Waals surface area contributed by atoms with Crippen LogP contribution in [0.2, 0.25) is 0 Å². The Balaban J connectivity index is 2.62. The van der Waals surface area contributed by atoms with Gasteiger partial charge in [0.15, 0.2) is 0 Å². The number of hydrogen-bond acceptors (Lipinski definition) is 3. The van der Waals surface area contributed by atoms with E-state index in [1.54, 1.807) is 13.8 Å². The second-order valence-electron chi connectivity index (χ2n) is 5.27. The van der Waals surface area contributed by atoms with Crippen molar-refractivity contribution in [3.63, 3.8) is 0 Å². The minimum absolute atomic E-state index is 0.0462. The van der Waals surface area contributed by atoms with Crippen molar-refractivity contribution in [2.45, 2.75) is 39.5 Å². The van der Waals surface area contributed by atoms with Gasteiger partial charge in [-0.05, 0) is 26.7 Å². The van der Waals surface area contributed by atoms with Crippen LogP contribution in [0.1, 0.15) is 39.5 Å². The first-order valence-corrected chi connectivity index (χ1v) is 5.77. The highest BCUT2D eigenvalue weighted by Crippen LogP contribution is 2.37. The number of nitriles is 1. The van der Waals surface area contributed by atoms with Crippen LogP contribution in [-0.2, 0) is 9.59 Å². The van der Waals surface area contributed by atoms with Crippen molar-refractivity contribution in [1.29, 1.82) is 5.26 Å². The van der Waals surface area contributed by atoms with Crippen molar-refractivity contribution in [2.24, 2.45) is 10.8 Å². The lowest BCUT2D eigenvalue weighted by Crippen LogP contribution is -2.44. The summed E-state index contributed by atoms with van der Waals surface area (Å²) in [6, 6.07) is 2.08. The molecule has 0 spiro atoms. The Labute approximate surface area is 101 Å². The zero-order valence-corrected chi connectivity index (χ0v) is 10.2. The Morgan fingerprint density at radius 2 is 1.94 bits per heavy atom. The summed E-state index contributed by atoms with van der Waals surface area (Å²) < 4.78 is 0. The summed E-state index contributed by atoms with van der Waals surface area (Å²) in [4.78, 5) is 22.8. The Bertz CT molecular complexity index is 362. The molecule has 0 unspecified atom stereocenters.